The van der Waals surface area contributed by atoms with Gasteiger partial charge in [-0.3, -0.25) is 4.79 Å². The van der Waals surface area contributed by atoms with Crippen LogP contribution in [-0.4, -0.2) is 16.8 Å². The van der Waals surface area contributed by atoms with Gasteiger partial charge in [0.2, 0.25) is 5.91 Å². The smallest absolute Gasteiger partial charge is 0.218 e. The molecule has 0 aliphatic carbocycles. The normalized spacial score (nSPS) is 10.6. The van der Waals surface area contributed by atoms with Gasteiger partial charge < -0.3 is 10.8 Å². The summed E-state index contributed by atoms with van der Waals surface area (Å²) >= 11 is 1.57. The van der Waals surface area contributed by atoms with Gasteiger partial charge in [0.25, 0.3) is 0 Å². The lowest BCUT2D eigenvalue weighted by Gasteiger charge is -2.07. The number of aromatic hydroxyl groups is 1. The lowest BCUT2D eigenvalue weighted by atomic mass is 10.1. The van der Waals surface area contributed by atoms with Crippen molar-refractivity contribution in [3.05, 3.63) is 36.4 Å². The van der Waals surface area contributed by atoms with Crippen LogP contribution < -0.4 is 5.73 Å². The molecule has 2 aromatic carbocycles. The van der Waals surface area contributed by atoms with Gasteiger partial charge >= 0.3 is 0 Å². The van der Waals surface area contributed by atoms with Crippen LogP contribution in [0.5, 0.6) is 5.75 Å². The van der Waals surface area contributed by atoms with Crippen molar-refractivity contribution >= 4 is 28.4 Å². The molecule has 1 amide bonds. The first-order chi connectivity index (χ1) is 8.18. The van der Waals surface area contributed by atoms with Crippen molar-refractivity contribution in [1.29, 1.82) is 0 Å². The molecule has 0 unspecified atom stereocenters. The van der Waals surface area contributed by atoms with Gasteiger partial charge in [-0.15, -0.1) is 11.8 Å². The number of phenols is 1. The second-order valence-corrected chi connectivity index (χ2v) is 4.83. The number of nitrogens with two attached hydrogens (primary N) is 1. The van der Waals surface area contributed by atoms with E-state index in [1.807, 2.05) is 30.3 Å². The number of primary amides is 1. The predicted molar refractivity (Wildman–Crippen MR) is 70.1 cm³/mol. The molecule has 88 valence electrons. The summed E-state index contributed by atoms with van der Waals surface area (Å²) in [4.78, 5) is 11.7. The number of carbonyl (C=O) groups excluding carboxylic acids is 1. The molecule has 0 atom stereocenters. The molecule has 3 nitrogen and oxygen atoms in total. The summed E-state index contributed by atoms with van der Waals surface area (Å²) in [6, 6.07) is 11.2. The molecule has 0 heterocycles. The Balaban J connectivity index is 2.28. The van der Waals surface area contributed by atoms with E-state index < -0.39 is 0 Å². The minimum atomic E-state index is -0.291. The van der Waals surface area contributed by atoms with E-state index in [2.05, 4.69) is 0 Å². The average molecular weight is 247 g/mol. The maximum Gasteiger partial charge on any atom is 0.218 e. The number of phenolic OH excluding ortho intramolecular Hbond substituents is 1. The Hall–Kier alpha value is -1.68. The molecule has 0 aliphatic rings. The van der Waals surface area contributed by atoms with Gasteiger partial charge in [0.1, 0.15) is 5.75 Å². The Labute approximate surface area is 104 Å². The minimum Gasteiger partial charge on any atom is -0.507 e. The number of fused-ring (bicyclic) bond motifs is 1. The van der Waals surface area contributed by atoms with Gasteiger partial charge in [0, 0.05) is 22.5 Å². The Morgan fingerprint density at radius 2 is 1.88 bits per heavy atom. The zero-order chi connectivity index (χ0) is 12.3. The van der Waals surface area contributed by atoms with Crippen LogP contribution in [0.3, 0.4) is 0 Å². The van der Waals surface area contributed by atoms with E-state index >= 15 is 0 Å². The van der Waals surface area contributed by atoms with Crippen molar-refractivity contribution < 1.29 is 9.90 Å². The van der Waals surface area contributed by atoms with Gasteiger partial charge in [-0.25, -0.2) is 0 Å². The SMILES string of the molecule is NC(=O)CCSc1ccc(O)c2ccccc12. The van der Waals surface area contributed by atoms with Crippen LogP contribution in [-0.2, 0) is 4.79 Å². The highest BCUT2D eigenvalue weighted by Crippen LogP contribution is 2.33. The van der Waals surface area contributed by atoms with Gasteiger partial charge in [0.15, 0.2) is 0 Å². The van der Waals surface area contributed by atoms with E-state index in [9.17, 15) is 9.90 Å². The molecule has 0 radical (unpaired) electrons. The van der Waals surface area contributed by atoms with E-state index in [0.717, 1.165) is 15.7 Å². The minimum absolute atomic E-state index is 0.278. The molecule has 3 N–H and O–H groups in total. The number of hydrogen-bond acceptors (Lipinski definition) is 3. The number of rotatable bonds is 4. The van der Waals surface area contributed by atoms with Crippen LogP contribution in [0.4, 0.5) is 0 Å². The van der Waals surface area contributed by atoms with E-state index in [-0.39, 0.29) is 11.7 Å². The number of benzene rings is 2. The van der Waals surface area contributed by atoms with Crippen molar-refractivity contribution in [2.24, 2.45) is 5.73 Å². The van der Waals surface area contributed by atoms with Crippen LogP contribution >= 0.6 is 11.8 Å². The molecule has 2 rings (SSSR count). The first kappa shape index (κ1) is 11.8. The average Bonchev–Trinajstić information content (AvgIpc) is 2.32. The van der Waals surface area contributed by atoms with Crippen LogP contribution in [0.15, 0.2) is 41.3 Å². The van der Waals surface area contributed by atoms with Gasteiger partial charge in [0.05, 0.1) is 0 Å². The summed E-state index contributed by atoms with van der Waals surface area (Å²) in [5.74, 6) is 0.643. The fourth-order valence-electron chi connectivity index (χ4n) is 1.64. The molecule has 0 aromatic heterocycles. The molecular formula is C13H13NO2S. The zero-order valence-corrected chi connectivity index (χ0v) is 10.0. The second-order valence-electron chi connectivity index (χ2n) is 3.69. The molecule has 4 heteroatoms. The lowest BCUT2D eigenvalue weighted by molar-refractivity contribution is -0.117. The first-order valence-electron chi connectivity index (χ1n) is 5.30. The van der Waals surface area contributed by atoms with Gasteiger partial charge in [-0.05, 0) is 17.5 Å². The molecule has 0 fully saturated rings. The fourth-order valence-corrected chi connectivity index (χ4v) is 2.66. The third-order valence-electron chi connectivity index (χ3n) is 2.47. The quantitative estimate of drug-likeness (QED) is 0.816. The second kappa shape index (κ2) is 5.10. The summed E-state index contributed by atoms with van der Waals surface area (Å²) in [5.41, 5.74) is 5.10. The van der Waals surface area contributed by atoms with Crippen molar-refractivity contribution in [1.82, 2.24) is 0 Å². The Morgan fingerprint density at radius 3 is 2.59 bits per heavy atom. The molecule has 0 saturated carbocycles. The van der Waals surface area contributed by atoms with Crippen molar-refractivity contribution in [2.45, 2.75) is 11.3 Å². The standard InChI is InChI=1S/C13H13NO2S/c14-13(16)7-8-17-12-6-5-11(15)9-3-1-2-4-10(9)12/h1-6,15H,7-8H2,(H2,14,16). The maximum atomic E-state index is 10.7. The van der Waals surface area contributed by atoms with E-state index in [1.165, 1.54) is 0 Å². The summed E-state index contributed by atoms with van der Waals surface area (Å²) in [6.45, 7) is 0. The first-order valence-corrected chi connectivity index (χ1v) is 6.29. The number of thioether (sulfide) groups is 1. The molecular weight excluding hydrogens is 234 g/mol. The van der Waals surface area contributed by atoms with Crippen molar-refractivity contribution in [3.8, 4) is 5.75 Å². The Kier molecular flexibility index (Phi) is 3.54. The van der Waals surface area contributed by atoms with Gasteiger partial charge in [-0.1, -0.05) is 24.3 Å². The summed E-state index contributed by atoms with van der Waals surface area (Å²) < 4.78 is 0. The van der Waals surface area contributed by atoms with E-state index in [4.69, 9.17) is 5.73 Å². The third-order valence-corrected chi connectivity index (χ3v) is 3.54. The molecule has 2 aromatic rings. The van der Waals surface area contributed by atoms with Crippen molar-refractivity contribution in [3.63, 3.8) is 0 Å². The van der Waals surface area contributed by atoms with Crippen LogP contribution in [0.25, 0.3) is 10.8 Å². The largest absolute Gasteiger partial charge is 0.507 e. The van der Waals surface area contributed by atoms with Crippen molar-refractivity contribution in [2.75, 3.05) is 5.75 Å². The third kappa shape index (κ3) is 2.71. The predicted octanol–water partition coefficient (Wildman–Crippen LogP) is 2.51. The molecule has 0 bridgehead atoms. The highest BCUT2D eigenvalue weighted by Gasteiger charge is 2.05. The molecule has 0 spiro atoms. The monoisotopic (exact) mass is 247 g/mol. The Morgan fingerprint density at radius 1 is 1.18 bits per heavy atom. The molecule has 0 saturated heterocycles. The molecule has 0 aliphatic heterocycles. The topological polar surface area (TPSA) is 63.3 Å². The zero-order valence-electron chi connectivity index (χ0n) is 9.22. The lowest BCUT2D eigenvalue weighted by Crippen LogP contribution is -2.10. The maximum absolute atomic E-state index is 10.7. The highest BCUT2D eigenvalue weighted by molar-refractivity contribution is 7.99. The summed E-state index contributed by atoms with van der Waals surface area (Å²) in [5, 5.41) is 11.6. The number of hydrogen-bond donors (Lipinski definition) is 2. The Bertz CT molecular complexity index is 554. The number of carbonyl (C=O) groups is 1. The van der Waals surface area contributed by atoms with Crippen LogP contribution in [0.2, 0.25) is 0 Å². The van der Waals surface area contributed by atoms with Gasteiger partial charge in [-0.2, -0.15) is 0 Å². The van der Waals surface area contributed by atoms with E-state index in [0.29, 0.717) is 12.2 Å². The highest BCUT2D eigenvalue weighted by atomic mass is 32.2. The van der Waals surface area contributed by atoms with E-state index in [1.54, 1.807) is 17.8 Å². The van der Waals surface area contributed by atoms with Crippen LogP contribution in [0, 0.1) is 0 Å². The number of amides is 1. The summed E-state index contributed by atoms with van der Waals surface area (Å²) in [7, 11) is 0. The molecule has 17 heavy (non-hydrogen) atoms. The van der Waals surface area contributed by atoms with Crippen LogP contribution in [0.1, 0.15) is 6.42 Å². The summed E-state index contributed by atoms with van der Waals surface area (Å²) in [6.07, 6.45) is 0.361. The fraction of sp³-hybridized carbons (Fsp3) is 0.154.